The van der Waals surface area contributed by atoms with E-state index in [1.165, 1.54) is 12.8 Å². The normalized spacial score (nSPS) is 13.5. The molecule has 27 heavy (non-hydrogen) atoms. The number of nitrogens with one attached hydrogen (secondary N) is 2. The van der Waals surface area contributed by atoms with Crippen LogP contribution in [0.25, 0.3) is 0 Å². The minimum Gasteiger partial charge on any atom is -0.497 e. The van der Waals surface area contributed by atoms with Gasteiger partial charge in [-0.3, -0.25) is 4.99 Å². The van der Waals surface area contributed by atoms with Gasteiger partial charge in [-0.05, 0) is 48.1 Å². The summed E-state index contributed by atoms with van der Waals surface area (Å²) in [5.41, 5.74) is 2.24. The highest BCUT2D eigenvalue weighted by molar-refractivity contribution is 14.0. The summed E-state index contributed by atoms with van der Waals surface area (Å²) in [5, 5.41) is 6.62. The molecule has 146 valence electrons. The summed E-state index contributed by atoms with van der Waals surface area (Å²) in [6.45, 7) is 2.09. The lowest BCUT2D eigenvalue weighted by molar-refractivity contribution is 0.288. The Balaban J connectivity index is 0.00000261. The fourth-order valence-electron chi connectivity index (χ4n) is 2.50. The zero-order valence-electron chi connectivity index (χ0n) is 15.8. The Hall–Kier alpha value is -2.03. The highest BCUT2D eigenvalue weighted by atomic mass is 127. The molecule has 1 aliphatic carbocycles. The van der Waals surface area contributed by atoms with Crippen LogP contribution in [0.3, 0.4) is 0 Å². The van der Waals surface area contributed by atoms with Crippen LogP contribution in [0.1, 0.15) is 24.0 Å². The van der Waals surface area contributed by atoms with Gasteiger partial charge in [-0.2, -0.15) is 0 Å². The largest absolute Gasteiger partial charge is 0.497 e. The minimum atomic E-state index is 0. The maximum Gasteiger partial charge on any atom is 0.213 e. The molecular formula is C20H27IN4O2. The van der Waals surface area contributed by atoms with Crippen LogP contribution in [-0.4, -0.2) is 31.7 Å². The van der Waals surface area contributed by atoms with Gasteiger partial charge in [0.15, 0.2) is 5.96 Å². The Morgan fingerprint density at radius 3 is 2.56 bits per heavy atom. The molecule has 1 aliphatic rings. The number of aliphatic imine (C=N–C) groups is 1. The molecule has 3 rings (SSSR count). The van der Waals surface area contributed by atoms with Crippen LogP contribution in [-0.2, 0) is 13.1 Å². The third-order valence-corrected chi connectivity index (χ3v) is 4.24. The van der Waals surface area contributed by atoms with E-state index in [2.05, 4.69) is 26.7 Å². The first-order valence-corrected chi connectivity index (χ1v) is 8.92. The zero-order valence-corrected chi connectivity index (χ0v) is 18.1. The van der Waals surface area contributed by atoms with E-state index in [0.717, 1.165) is 35.4 Å². The summed E-state index contributed by atoms with van der Waals surface area (Å²) in [7, 11) is 3.43. The van der Waals surface area contributed by atoms with Gasteiger partial charge in [-0.25, -0.2) is 4.98 Å². The predicted octanol–water partition coefficient (Wildman–Crippen LogP) is 3.36. The van der Waals surface area contributed by atoms with Crippen molar-refractivity contribution >= 4 is 29.9 Å². The van der Waals surface area contributed by atoms with Crippen molar-refractivity contribution in [2.24, 2.45) is 10.9 Å². The van der Waals surface area contributed by atoms with Crippen LogP contribution in [0.2, 0.25) is 0 Å². The first-order chi connectivity index (χ1) is 12.8. The summed E-state index contributed by atoms with van der Waals surface area (Å²) >= 11 is 0. The van der Waals surface area contributed by atoms with E-state index in [0.29, 0.717) is 19.0 Å². The summed E-state index contributed by atoms with van der Waals surface area (Å²) in [6.07, 6.45) is 4.33. The number of aromatic nitrogens is 1. The topological polar surface area (TPSA) is 67.8 Å². The van der Waals surface area contributed by atoms with Crippen LogP contribution in [0.5, 0.6) is 11.6 Å². The van der Waals surface area contributed by atoms with Gasteiger partial charge in [0.05, 0.1) is 13.7 Å². The predicted molar refractivity (Wildman–Crippen MR) is 118 cm³/mol. The summed E-state index contributed by atoms with van der Waals surface area (Å²) in [4.78, 5) is 8.54. The van der Waals surface area contributed by atoms with Crippen LogP contribution in [0.4, 0.5) is 0 Å². The van der Waals surface area contributed by atoms with Crippen LogP contribution >= 0.6 is 24.0 Å². The highest BCUT2D eigenvalue weighted by Gasteiger charge is 2.22. The highest BCUT2D eigenvalue weighted by Crippen LogP contribution is 2.29. The number of pyridine rings is 1. The van der Waals surface area contributed by atoms with Gasteiger partial charge >= 0.3 is 0 Å². The van der Waals surface area contributed by atoms with E-state index in [4.69, 9.17) is 9.47 Å². The van der Waals surface area contributed by atoms with Gasteiger partial charge in [0.2, 0.25) is 5.88 Å². The number of halogens is 1. The Labute approximate surface area is 177 Å². The lowest BCUT2D eigenvalue weighted by Gasteiger charge is -2.13. The second-order valence-electron chi connectivity index (χ2n) is 6.39. The first-order valence-electron chi connectivity index (χ1n) is 8.92. The Morgan fingerprint density at radius 2 is 1.89 bits per heavy atom. The first kappa shape index (κ1) is 21.3. The van der Waals surface area contributed by atoms with Gasteiger partial charge in [0, 0.05) is 32.4 Å². The molecule has 7 heteroatoms. The molecule has 1 aromatic heterocycles. The molecular weight excluding hydrogens is 455 g/mol. The molecule has 1 heterocycles. The maximum atomic E-state index is 5.73. The number of hydrogen-bond donors (Lipinski definition) is 2. The smallest absolute Gasteiger partial charge is 0.213 e. The number of methoxy groups -OCH3 is 1. The molecule has 0 atom stereocenters. The van der Waals surface area contributed by atoms with Crippen molar-refractivity contribution in [3.8, 4) is 11.6 Å². The summed E-state index contributed by atoms with van der Waals surface area (Å²) in [6, 6.07) is 11.9. The van der Waals surface area contributed by atoms with Crippen molar-refractivity contribution in [2.45, 2.75) is 25.9 Å². The van der Waals surface area contributed by atoms with E-state index < -0.39 is 0 Å². The van der Waals surface area contributed by atoms with Crippen molar-refractivity contribution in [3.63, 3.8) is 0 Å². The second-order valence-corrected chi connectivity index (χ2v) is 6.39. The van der Waals surface area contributed by atoms with E-state index >= 15 is 0 Å². The maximum absolute atomic E-state index is 5.73. The average Bonchev–Trinajstić information content (AvgIpc) is 3.51. The average molecular weight is 482 g/mol. The summed E-state index contributed by atoms with van der Waals surface area (Å²) in [5.74, 6) is 3.00. The van der Waals surface area contributed by atoms with E-state index in [-0.39, 0.29) is 24.0 Å². The Kier molecular flexibility index (Phi) is 8.63. The third kappa shape index (κ3) is 7.24. The van der Waals surface area contributed by atoms with Crippen LogP contribution < -0.4 is 20.1 Å². The van der Waals surface area contributed by atoms with Crippen molar-refractivity contribution in [3.05, 3.63) is 53.7 Å². The van der Waals surface area contributed by atoms with Gasteiger partial charge in [-0.15, -0.1) is 24.0 Å². The quantitative estimate of drug-likeness (QED) is 0.343. The number of rotatable bonds is 8. The number of hydrogen-bond acceptors (Lipinski definition) is 4. The molecule has 1 fully saturated rings. The molecule has 0 saturated heterocycles. The lowest BCUT2D eigenvalue weighted by Crippen LogP contribution is -2.36. The molecule has 0 bridgehead atoms. The van der Waals surface area contributed by atoms with Gasteiger partial charge in [-0.1, -0.05) is 12.1 Å². The molecule has 2 N–H and O–H groups in total. The molecule has 0 unspecified atom stereocenters. The Morgan fingerprint density at radius 1 is 1.15 bits per heavy atom. The van der Waals surface area contributed by atoms with Crippen molar-refractivity contribution in [1.29, 1.82) is 0 Å². The number of nitrogens with zero attached hydrogens (tertiary/aromatic N) is 2. The second kappa shape index (κ2) is 11.0. The molecule has 2 aromatic rings. The standard InChI is InChI=1S/C20H26N4O2.HI/c1-21-20(23-12-16-4-3-5-18(10-16)25-2)24-13-17-8-9-22-19(11-17)26-14-15-6-7-15;/h3-5,8-11,15H,6-7,12-14H2,1-2H3,(H2,21,23,24);1H. The monoisotopic (exact) mass is 482 g/mol. The van der Waals surface area contributed by atoms with Gasteiger partial charge < -0.3 is 20.1 Å². The SMILES string of the molecule is CN=C(NCc1cccc(OC)c1)NCc1ccnc(OCC2CC2)c1.I. The van der Waals surface area contributed by atoms with Gasteiger partial charge in [0.1, 0.15) is 5.75 Å². The fourth-order valence-corrected chi connectivity index (χ4v) is 2.50. The molecule has 0 radical (unpaired) electrons. The van der Waals surface area contributed by atoms with Gasteiger partial charge in [0.25, 0.3) is 0 Å². The fraction of sp³-hybridized carbons (Fsp3) is 0.400. The summed E-state index contributed by atoms with van der Waals surface area (Å²) < 4.78 is 11.0. The van der Waals surface area contributed by atoms with Crippen LogP contribution in [0.15, 0.2) is 47.6 Å². The zero-order chi connectivity index (χ0) is 18.2. The molecule has 0 amide bonds. The lowest BCUT2D eigenvalue weighted by atomic mass is 10.2. The Bertz CT molecular complexity index is 750. The number of guanidine groups is 1. The van der Waals surface area contributed by atoms with Crippen LogP contribution in [0, 0.1) is 5.92 Å². The molecule has 1 saturated carbocycles. The van der Waals surface area contributed by atoms with Crippen molar-refractivity contribution < 1.29 is 9.47 Å². The molecule has 0 aliphatic heterocycles. The number of benzene rings is 1. The van der Waals surface area contributed by atoms with E-state index in [9.17, 15) is 0 Å². The molecule has 1 aromatic carbocycles. The third-order valence-electron chi connectivity index (χ3n) is 4.24. The minimum absolute atomic E-state index is 0. The van der Waals surface area contributed by atoms with Crippen molar-refractivity contribution in [1.82, 2.24) is 15.6 Å². The molecule has 6 nitrogen and oxygen atoms in total. The van der Waals surface area contributed by atoms with E-state index in [1.807, 2.05) is 30.3 Å². The van der Waals surface area contributed by atoms with E-state index in [1.54, 1.807) is 20.4 Å². The number of ether oxygens (including phenoxy) is 2. The molecule has 0 spiro atoms. The van der Waals surface area contributed by atoms with Crippen molar-refractivity contribution in [2.75, 3.05) is 20.8 Å².